The minimum absolute atomic E-state index is 0.0504. The second-order valence-corrected chi connectivity index (χ2v) is 9.27. The van der Waals surface area contributed by atoms with E-state index in [9.17, 15) is 9.59 Å². The summed E-state index contributed by atoms with van der Waals surface area (Å²) in [6.07, 6.45) is 0.787. The van der Waals surface area contributed by atoms with Gasteiger partial charge in [0, 0.05) is 41.6 Å². The van der Waals surface area contributed by atoms with Crippen LogP contribution in [0, 0.1) is 0 Å². The highest BCUT2D eigenvalue weighted by Gasteiger charge is 2.29. The van der Waals surface area contributed by atoms with Crippen molar-refractivity contribution in [1.29, 1.82) is 0 Å². The third-order valence-corrected chi connectivity index (χ3v) is 6.44. The molecule has 0 aliphatic heterocycles. The maximum Gasteiger partial charge on any atom is 0.243 e. The molecule has 3 aromatic rings. The summed E-state index contributed by atoms with van der Waals surface area (Å²) in [6, 6.07) is 26.7. The maximum atomic E-state index is 13.5. The molecule has 1 atom stereocenters. The summed E-state index contributed by atoms with van der Waals surface area (Å²) in [5.41, 5.74) is 1.91. The molecule has 33 heavy (non-hydrogen) atoms. The molecule has 3 rings (SSSR count). The van der Waals surface area contributed by atoms with Gasteiger partial charge in [0.1, 0.15) is 6.04 Å². The molecule has 3 aromatic carbocycles. The van der Waals surface area contributed by atoms with Crippen molar-refractivity contribution in [3.05, 3.63) is 101 Å². The summed E-state index contributed by atoms with van der Waals surface area (Å²) in [4.78, 5) is 29.4. The Morgan fingerprint density at radius 2 is 1.61 bits per heavy atom. The molecular weight excluding hydrogens is 452 g/mol. The molecule has 172 valence electrons. The predicted molar refractivity (Wildman–Crippen MR) is 136 cm³/mol. The van der Waals surface area contributed by atoms with Gasteiger partial charge >= 0.3 is 0 Å². The van der Waals surface area contributed by atoms with Crippen LogP contribution in [0.1, 0.15) is 24.5 Å². The molecule has 0 saturated heterocycles. The van der Waals surface area contributed by atoms with Gasteiger partial charge in [0.15, 0.2) is 0 Å². The van der Waals surface area contributed by atoms with Crippen LogP contribution in [0.3, 0.4) is 0 Å². The fourth-order valence-corrected chi connectivity index (χ4v) is 4.67. The van der Waals surface area contributed by atoms with Gasteiger partial charge in [0.25, 0.3) is 0 Å². The highest BCUT2D eigenvalue weighted by molar-refractivity contribution is 7.99. The highest BCUT2D eigenvalue weighted by Crippen LogP contribution is 2.21. The molecule has 0 aliphatic carbocycles. The number of nitrogens with zero attached hydrogens (tertiary/aromatic N) is 1. The van der Waals surface area contributed by atoms with Crippen molar-refractivity contribution in [3.8, 4) is 0 Å². The van der Waals surface area contributed by atoms with Crippen LogP contribution in [0.2, 0.25) is 5.02 Å². The second-order valence-electron chi connectivity index (χ2n) is 7.66. The van der Waals surface area contributed by atoms with Crippen LogP contribution in [-0.2, 0) is 22.6 Å². The average molecular weight is 481 g/mol. The fourth-order valence-electron chi connectivity index (χ4n) is 3.59. The summed E-state index contributed by atoms with van der Waals surface area (Å²) in [5, 5.41) is 3.52. The maximum absolute atomic E-state index is 13.5. The molecule has 0 unspecified atom stereocenters. The number of carbonyl (C=O) groups excluding carboxylic acids is 2. The molecule has 0 saturated carbocycles. The van der Waals surface area contributed by atoms with Gasteiger partial charge in [0.2, 0.25) is 11.8 Å². The first-order valence-corrected chi connectivity index (χ1v) is 12.5. The minimum atomic E-state index is -0.611. The molecule has 0 aromatic heterocycles. The molecule has 0 bridgehead atoms. The Kier molecular flexibility index (Phi) is 9.85. The third kappa shape index (κ3) is 7.95. The van der Waals surface area contributed by atoms with Gasteiger partial charge in [-0.25, -0.2) is 0 Å². The largest absolute Gasteiger partial charge is 0.355 e. The number of rotatable bonds is 11. The van der Waals surface area contributed by atoms with Crippen molar-refractivity contribution in [1.82, 2.24) is 10.2 Å². The Hall–Kier alpha value is -2.76. The Balaban J connectivity index is 1.82. The third-order valence-electron chi connectivity index (χ3n) is 5.19. The first kappa shape index (κ1) is 24.9. The normalized spacial score (nSPS) is 11.6. The molecule has 0 radical (unpaired) electrons. The smallest absolute Gasteiger partial charge is 0.243 e. The zero-order valence-electron chi connectivity index (χ0n) is 18.7. The molecular formula is C27H29ClN2O2S. The van der Waals surface area contributed by atoms with Crippen LogP contribution >= 0.6 is 23.4 Å². The number of hydrogen-bond donors (Lipinski definition) is 1. The zero-order chi connectivity index (χ0) is 23.5. The minimum Gasteiger partial charge on any atom is -0.355 e. The number of thioether (sulfide) groups is 1. The van der Waals surface area contributed by atoms with Crippen LogP contribution < -0.4 is 5.32 Å². The molecule has 4 nitrogen and oxygen atoms in total. The zero-order valence-corrected chi connectivity index (χ0v) is 20.3. The van der Waals surface area contributed by atoms with Crippen LogP contribution in [0.15, 0.2) is 89.8 Å². The summed E-state index contributed by atoms with van der Waals surface area (Å²) < 4.78 is 0. The van der Waals surface area contributed by atoms with Gasteiger partial charge in [-0.3, -0.25) is 9.59 Å². The summed E-state index contributed by atoms with van der Waals surface area (Å²) in [5.74, 6) is 0.445. The molecule has 0 spiro atoms. The lowest BCUT2D eigenvalue weighted by atomic mass is 10.0. The Morgan fingerprint density at radius 3 is 2.27 bits per heavy atom. The van der Waals surface area contributed by atoms with Crippen molar-refractivity contribution >= 4 is 35.2 Å². The number of halogens is 1. The van der Waals surface area contributed by atoms with Crippen LogP contribution in [-0.4, -0.2) is 35.1 Å². The van der Waals surface area contributed by atoms with Crippen LogP contribution in [0.5, 0.6) is 0 Å². The predicted octanol–water partition coefficient (Wildman–Crippen LogP) is 5.60. The number of hydrogen-bond acceptors (Lipinski definition) is 3. The van der Waals surface area contributed by atoms with E-state index in [1.165, 1.54) is 0 Å². The van der Waals surface area contributed by atoms with Crippen molar-refractivity contribution in [3.63, 3.8) is 0 Å². The lowest BCUT2D eigenvalue weighted by Gasteiger charge is -2.31. The van der Waals surface area contributed by atoms with Gasteiger partial charge in [-0.05, 0) is 42.3 Å². The number of likely N-dealkylation sites (N-methyl/N-ethyl adjacent to an activating group) is 1. The first-order chi connectivity index (χ1) is 16.1. The summed E-state index contributed by atoms with van der Waals surface area (Å²) in [7, 11) is 0. The van der Waals surface area contributed by atoms with Gasteiger partial charge in [-0.2, -0.15) is 0 Å². The van der Waals surface area contributed by atoms with E-state index in [2.05, 4.69) is 5.32 Å². The van der Waals surface area contributed by atoms with Crippen LogP contribution in [0.4, 0.5) is 0 Å². The monoisotopic (exact) mass is 480 g/mol. The van der Waals surface area contributed by atoms with Crippen LogP contribution in [0.25, 0.3) is 0 Å². The second kappa shape index (κ2) is 13.1. The standard InChI is InChI=1S/C27H29ClN2O2S/c1-2-29-27(32)25(19-21-10-5-3-6-11-21)30(20-22-12-9-13-23(28)18-22)26(31)16-17-33-24-14-7-4-8-15-24/h3-15,18,25H,2,16-17,19-20H2,1H3,(H,29,32)/t25-/m0/s1. The lowest BCUT2D eigenvalue weighted by molar-refractivity contribution is -0.140. The summed E-state index contributed by atoms with van der Waals surface area (Å²) in [6.45, 7) is 2.72. The fraction of sp³-hybridized carbons (Fsp3) is 0.259. The van der Waals surface area contributed by atoms with E-state index in [1.54, 1.807) is 22.7 Å². The van der Waals surface area contributed by atoms with Gasteiger partial charge in [0.05, 0.1) is 0 Å². The molecule has 0 fully saturated rings. The van der Waals surface area contributed by atoms with Crippen molar-refractivity contribution in [2.24, 2.45) is 0 Å². The van der Waals surface area contributed by atoms with E-state index in [-0.39, 0.29) is 11.8 Å². The Labute approximate surface area is 205 Å². The highest BCUT2D eigenvalue weighted by atomic mass is 35.5. The van der Waals surface area contributed by atoms with Crippen molar-refractivity contribution in [2.45, 2.75) is 37.2 Å². The lowest BCUT2D eigenvalue weighted by Crippen LogP contribution is -2.50. The van der Waals surface area contributed by atoms with E-state index in [1.807, 2.05) is 85.8 Å². The number of benzene rings is 3. The van der Waals surface area contributed by atoms with E-state index in [0.29, 0.717) is 36.7 Å². The van der Waals surface area contributed by atoms with Gasteiger partial charge in [-0.1, -0.05) is 72.3 Å². The molecule has 6 heteroatoms. The van der Waals surface area contributed by atoms with E-state index >= 15 is 0 Å². The molecule has 2 amide bonds. The van der Waals surface area contributed by atoms with E-state index < -0.39 is 6.04 Å². The Bertz CT molecular complexity index is 1030. The van der Waals surface area contributed by atoms with Crippen molar-refractivity contribution in [2.75, 3.05) is 12.3 Å². The van der Waals surface area contributed by atoms with E-state index in [4.69, 9.17) is 11.6 Å². The van der Waals surface area contributed by atoms with Gasteiger partial charge < -0.3 is 10.2 Å². The quantitative estimate of drug-likeness (QED) is 0.363. The van der Waals surface area contributed by atoms with Gasteiger partial charge in [-0.15, -0.1) is 11.8 Å². The molecule has 0 heterocycles. The molecule has 1 N–H and O–H groups in total. The summed E-state index contributed by atoms with van der Waals surface area (Å²) >= 11 is 7.83. The first-order valence-electron chi connectivity index (χ1n) is 11.1. The number of carbonyl (C=O) groups is 2. The number of nitrogens with one attached hydrogen (secondary N) is 1. The van der Waals surface area contributed by atoms with E-state index in [0.717, 1.165) is 16.0 Å². The topological polar surface area (TPSA) is 49.4 Å². The SMILES string of the molecule is CCNC(=O)[C@H](Cc1ccccc1)N(Cc1cccc(Cl)c1)C(=O)CCSc1ccccc1. The number of amides is 2. The Morgan fingerprint density at radius 1 is 0.939 bits per heavy atom. The molecule has 0 aliphatic rings. The van der Waals surface area contributed by atoms with Crippen molar-refractivity contribution < 1.29 is 9.59 Å². The average Bonchev–Trinajstić information content (AvgIpc) is 2.83.